The fourth-order valence-electron chi connectivity index (χ4n) is 2.24. The van der Waals surface area contributed by atoms with E-state index in [1.807, 2.05) is 0 Å². The molecule has 0 aliphatic carbocycles. The highest BCUT2D eigenvalue weighted by molar-refractivity contribution is 6.32. The Kier molecular flexibility index (Phi) is 4.94. The van der Waals surface area contributed by atoms with Crippen molar-refractivity contribution in [1.29, 1.82) is 0 Å². The zero-order chi connectivity index (χ0) is 18.7. The molecule has 0 saturated heterocycles. The number of aromatic nitrogens is 3. The second-order valence-electron chi connectivity index (χ2n) is 5.37. The maximum Gasteiger partial charge on any atom is 0.312 e. The lowest BCUT2D eigenvalue weighted by molar-refractivity contribution is -0.385. The van der Waals surface area contributed by atoms with E-state index in [9.17, 15) is 10.1 Å². The van der Waals surface area contributed by atoms with Gasteiger partial charge in [-0.1, -0.05) is 23.7 Å². The fourth-order valence-corrected chi connectivity index (χ4v) is 2.42. The van der Waals surface area contributed by atoms with E-state index >= 15 is 0 Å². The Morgan fingerprint density at radius 3 is 2.50 bits per heavy atom. The van der Waals surface area contributed by atoms with Crippen LogP contribution in [0.3, 0.4) is 0 Å². The van der Waals surface area contributed by atoms with Gasteiger partial charge in [-0.3, -0.25) is 10.1 Å². The summed E-state index contributed by atoms with van der Waals surface area (Å²) in [5, 5.41) is 23.8. The van der Waals surface area contributed by atoms with E-state index in [0.29, 0.717) is 28.0 Å². The van der Waals surface area contributed by atoms with Gasteiger partial charge >= 0.3 is 5.69 Å². The van der Waals surface area contributed by atoms with Gasteiger partial charge < -0.3 is 4.74 Å². The van der Waals surface area contributed by atoms with E-state index < -0.39 is 4.92 Å². The molecule has 132 valence electrons. The molecule has 0 radical (unpaired) electrons. The predicted molar refractivity (Wildman–Crippen MR) is 97.1 cm³/mol. The topological polar surface area (TPSA) is 95.4 Å². The van der Waals surface area contributed by atoms with Crippen molar-refractivity contribution in [2.75, 3.05) is 0 Å². The third kappa shape index (κ3) is 3.70. The Balaban J connectivity index is 1.92. The molecule has 0 bridgehead atoms. The molecule has 2 aromatic carbocycles. The number of aryl methyl sites for hydroxylation is 2. The maximum atomic E-state index is 11.4. The van der Waals surface area contributed by atoms with Crippen molar-refractivity contribution in [3.8, 4) is 11.5 Å². The van der Waals surface area contributed by atoms with Gasteiger partial charge in [0.15, 0.2) is 11.6 Å². The molecule has 26 heavy (non-hydrogen) atoms. The first kappa shape index (κ1) is 17.6. The highest BCUT2D eigenvalue weighted by Crippen LogP contribution is 2.35. The minimum Gasteiger partial charge on any atom is -0.449 e. The van der Waals surface area contributed by atoms with Crippen LogP contribution in [0.4, 0.5) is 5.69 Å². The van der Waals surface area contributed by atoms with Crippen molar-refractivity contribution in [1.82, 2.24) is 14.9 Å². The zero-order valence-corrected chi connectivity index (χ0v) is 14.7. The predicted octanol–water partition coefficient (Wildman–Crippen LogP) is 4.13. The zero-order valence-electron chi connectivity index (χ0n) is 14.0. The summed E-state index contributed by atoms with van der Waals surface area (Å²) in [5.41, 5.74) is 0.349. The third-order valence-corrected chi connectivity index (χ3v) is 3.82. The molecule has 0 fully saturated rings. The molecular formula is C17H14ClN5O3. The number of nitro benzene ring substituents is 1. The SMILES string of the molecule is Cc1nnc(C)n1/N=C\c1ccc(Oc2ccccc2Cl)c([N+](=O)[O-])c1. The number of benzene rings is 2. The van der Waals surface area contributed by atoms with Gasteiger partial charge in [0.05, 0.1) is 16.2 Å². The molecule has 0 saturated carbocycles. The molecule has 1 aromatic heterocycles. The third-order valence-electron chi connectivity index (χ3n) is 3.51. The summed E-state index contributed by atoms with van der Waals surface area (Å²) in [6, 6.07) is 11.3. The number of nitrogens with zero attached hydrogens (tertiary/aromatic N) is 5. The highest BCUT2D eigenvalue weighted by atomic mass is 35.5. The lowest BCUT2D eigenvalue weighted by atomic mass is 10.2. The van der Waals surface area contributed by atoms with Crippen LogP contribution in [0, 0.1) is 24.0 Å². The molecule has 1 heterocycles. The van der Waals surface area contributed by atoms with Crippen LogP contribution in [0.25, 0.3) is 0 Å². The molecule has 0 atom stereocenters. The van der Waals surface area contributed by atoms with Gasteiger partial charge in [0.25, 0.3) is 0 Å². The quantitative estimate of drug-likeness (QED) is 0.381. The van der Waals surface area contributed by atoms with Gasteiger partial charge in [0, 0.05) is 11.6 Å². The number of rotatable bonds is 5. The van der Waals surface area contributed by atoms with Crippen molar-refractivity contribution in [3.63, 3.8) is 0 Å². The molecule has 9 heteroatoms. The molecule has 0 N–H and O–H groups in total. The van der Waals surface area contributed by atoms with Crippen LogP contribution in [0.5, 0.6) is 11.5 Å². The molecule has 3 rings (SSSR count). The van der Waals surface area contributed by atoms with Crippen LogP contribution in [0.1, 0.15) is 17.2 Å². The minimum atomic E-state index is -0.515. The van der Waals surface area contributed by atoms with E-state index in [-0.39, 0.29) is 11.4 Å². The molecule has 3 aromatic rings. The Bertz CT molecular complexity index is 980. The lowest BCUT2D eigenvalue weighted by Crippen LogP contribution is -1.98. The van der Waals surface area contributed by atoms with Crippen molar-refractivity contribution in [3.05, 3.63) is 74.8 Å². The highest BCUT2D eigenvalue weighted by Gasteiger charge is 2.17. The molecule has 8 nitrogen and oxygen atoms in total. The minimum absolute atomic E-state index is 0.0944. The molecule has 0 unspecified atom stereocenters. The van der Waals surface area contributed by atoms with E-state index in [2.05, 4.69) is 15.3 Å². The molecule has 0 aliphatic rings. The van der Waals surface area contributed by atoms with Gasteiger partial charge in [0.2, 0.25) is 5.75 Å². The summed E-state index contributed by atoms with van der Waals surface area (Å²) in [7, 11) is 0. The average molecular weight is 372 g/mol. The Labute approximate surface area is 153 Å². The van der Waals surface area contributed by atoms with E-state index in [1.165, 1.54) is 18.3 Å². The van der Waals surface area contributed by atoms with E-state index in [4.69, 9.17) is 16.3 Å². The number of hydrogen-bond donors (Lipinski definition) is 0. The number of para-hydroxylation sites is 1. The van der Waals surface area contributed by atoms with Gasteiger partial charge in [-0.05, 0) is 38.1 Å². The second-order valence-corrected chi connectivity index (χ2v) is 5.77. The molecular weight excluding hydrogens is 358 g/mol. The first-order chi connectivity index (χ1) is 12.5. The Morgan fingerprint density at radius 2 is 1.85 bits per heavy atom. The summed E-state index contributed by atoms with van der Waals surface area (Å²) < 4.78 is 7.14. The number of ether oxygens (including phenoxy) is 1. The molecule has 0 amide bonds. The summed E-state index contributed by atoms with van der Waals surface area (Å²) in [6.45, 7) is 3.53. The summed E-state index contributed by atoms with van der Waals surface area (Å²) in [6.07, 6.45) is 1.50. The average Bonchev–Trinajstić information content (AvgIpc) is 2.94. The van der Waals surface area contributed by atoms with Gasteiger partial charge in [-0.15, -0.1) is 10.2 Å². The van der Waals surface area contributed by atoms with Gasteiger partial charge in [0.1, 0.15) is 5.75 Å². The number of nitro groups is 1. The lowest BCUT2D eigenvalue weighted by Gasteiger charge is -2.08. The van der Waals surface area contributed by atoms with Crippen molar-refractivity contribution in [2.45, 2.75) is 13.8 Å². The Hall–Kier alpha value is -3.26. The summed E-state index contributed by atoms with van der Waals surface area (Å²) in [4.78, 5) is 10.9. The van der Waals surface area contributed by atoms with Crippen LogP contribution >= 0.6 is 11.6 Å². The summed E-state index contributed by atoms with van der Waals surface area (Å²) in [5.74, 6) is 1.67. The van der Waals surface area contributed by atoms with Crippen molar-refractivity contribution >= 4 is 23.5 Å². The maximum absolute atomic E-state index is 11.4. The van der Waals surface area contributed by atoms with Crippen LogP contribution in [-0.2, 0) is 0 Å². The van der Waals surface area contributed by atoms with Crippen molar-refractivity contribution in [2.24, 2.45) is 5.10 Å². The molecule has 0 aliphatic heterocycles. The van der Waals surface area contributed by atoms with Crippen molar-refractivity contribution < 1.29 is 9.66 Å². The van der Waals surface area contributed by atoms with Gasteiger partial charge in [-0.2, -0.15) is 5.10 Å². The summed E-state index contributed by atoms with van der Waals surface area (Å²) >= 11 is 6.04. The largest absolute Gasteiger partial charge is 0.449 e. The standard InChI is InChI=1S/C17H14ClN5O3/c1-11-20-21-12(2)22(11)19-10-13-7-8-17(15(9-13)23(24)25)26-16-6-4-3-5-14(16)18/h3-10H,1-2H3/b19-10-. The number of hydrogen-bond acceptors (Lipinski definition) is 6. The monoisotopic (exact) mass is 371 g/mol. The molecule has 0 spiro atoms. The first-order valence-electron chi connectivity index (χ1n) is 7.59. The fraction of sp³-hybridized carbons (Fsp3) is 0.118. The van der Waals surface area contributed by atoms with Crippen LogP contribution in [0.15, 0.2) is 47.6 Å². The van der Waals surface area contributed by atoms with E-state index in [0.717, 1.165) is 0 Å². The second kappa shape index (κ2) is 7.32. The smallest absolute Gasteiger partial charge is 0.312 e. The van der Waals surface area contributed by atoms with Crippen LogP contribution in [0.2, 0.25) is 5.02 Å². The Morgan fingerprint density at radius 1 is 1.15 bits per heavy atom. The van der Waals surface area contributed by atoms with E-state index in [1.54, 1.807) is 48.9 Å². The first-order valence-corrected chi connectivity index (χ1v) is 7.97. The van der Waals surface area contributed by atoms with Crippen LogP contribution in [-0.4, -0.2) is 26.0 Å². The number of halogens is 1. The van der Waals surface area contributed by atoms with Gasteiger partial charge in [-0.25, -0.2) is 4.68 Å². The normalized spacial score (nSPS) is 11.0. The van der Waals surface area contributed by atoms with Crippen LogP contribution < -0.4 is 4.74 Å².